The van der Waals surface area contributed by atoms with Crippen molar-refractivity contribution in [3.63, 3.8) is 0 Å². The summed E-state index contributed by atoms with van der Waals surface area (Å²) < 4.78 is 0. The van der Waals surface area contributed by atoms with Crippen molar-refractivity contribution in [2.24, 2.45) is 17.8 Å². The SMILES string of the molecule is O=C(O)C1C[C@H]2CCC[C@@H]2C1. The van der Waals surface area contributed by atoms with Gasteiger partial charge in [0.25, 0.3) is 0 Å². The lowest BCUT2D eigenvalue weighted by atomic mass is 10.0. The van der Waals surface area contributed by atoms with Gasteiger partial charge in [-0.25, -0.2) is 0 Å². The summed E-state index contributed by atoms with van der Waals surface area (Å²) in [6.45, 7) is 0. The molecule has 11 heavy (non-hydrogen) atoms. The van der Waals surface area contributed by atoms with E-state index in [-0.39, 0.29) is 5.92 Å². The molecule has 2 heteroatoms. The molecule has 0 heterocycles. The molecule has 2 aliphatic carbocycles. The summed E-state index contributed by atoms with van der Waals surface area (Å²) in [6.07, 6.45) is 5.82. The lowest BCUT2D eigenvalue weighted by molar-refractivity contribution is -0.141. The van der Waals surface area contributed by atoms with Crippen molar-refractivity contribution in [2.45, 2.75) is 32.1 Å². The van der Waals surface area contributed by atoms with E-state index in [1.165, 1.54) is 19.3 Å². The molecule has 0 bridgehead atoms. The zero-order valence-corrected chi connectivity index (χ0v) is 6.62. The van der Waals surface area contributed by atoms with Crippen LogP contribution < -0.4 is 0 Å². The average Bonchev–Trinajstić information content (AvgIpc) is 2.40. The van der Waals surface area contributed by atoms with Gasteiger partial charge in [-0.3, -0.25) is 4.79 Å². The van der Waals surface area contributed by atoms with Crippen LogP contribution in [0.1, 0.15) is 32.1 Å². The van der Waals surface area contributed by atoms with Crippen LogP contribution in [0.15, 0.2) is 0 Å². The summed E-state index contributed by atoms with van der Waals surface area (Å²) >= 11 is 0. The molecule has 2 rings (SSSR count). The van der Waals surface area contributed by atoms with Crippen molar-refractivity contribution in [1.82, 2.24) is 0 Å². The van der Waals surface area contributed by atoms with E-state index in [4.69, 9.17) is 5.11 Å². The molecule has 0 radical (unpaired) electrons. The molecule has 0 aliphatic heterocycles. The van der Waals surface area contributed by atoms with Crippen LogP contribution in [0.25, 0.3) is 0 Å². The van der Waals surface area contributed by atoms with E-state index >= 15 is 0 Å². The van der Waals surface area contributed by atoms with Gasteiger partial charge in [0.15, 0.2) is 0 Å². The topological polar surface area (TPSA) is 37.3 Å². The molecule has 0 unspecified atom stereocenters. The number of carbonyl (C=O) groups is 1. The summed E-state index contributed by atoms with van der Waals surface area (Å²) in [5.41, 5.74) is 0. The molecule has 0 amide bonds. The van der Waals surface area contributed by atoms with E-state index in [0.717, 1.165) is 24.7 Å². The highest BCUT2D eigenvalue weighted by Gasteiger charge is 2.39. The molecule has 62 valence electrons. The van der Waals surface area contributed by atoms with Crippen LogP contribution in [0, 0.1) is 17.8 Å². The van der Waals surface area contributed by atoms with Crippen LogP contribution >= 0.6 is 0 Å². The maximum atomic E-state index is 10.6. The molecule has 2 saturated carbocycles. The fourth-order valence-electron chi connectivity index (χ4n) is 2.76. The highest BCUT2D eigenvalue weighted by molar-refractivity contribution is 5.70. The van der Waals surface area contributed by atoms with Gasteiger partial charge in [0.2, 0.25) is 0 Å². The summed E-state index contributed by atoms with van der Waals surface area (Å²) in [6, 6.07) is 0. The number of hydrogen-bond donors (Lipinski definition) is 1. The average molecular weight is 154 g/mol. The van der Waals surface area contributed by atoms with Gasteiger partial charge in [-0.2, -0.15) is 0 Å². The van der Waals surface area contributed by atoms with Gasteiger partial charge in [-0.1, -0.05) is 19.3 Å². The molecular formula is C9H14O2. The Bertz CT molecular complexity index is 164. The molecule has 0 saturated heterocycles. The first-order chi connectivity index (χ1) is 5.27. The van der Waals surface area contributed by atoms with Crippen molar-refractivity contribution >= 4 is 5.97 Å². The fourth-order valence-corrected chi connectivity index (χ4v) is 2.76. The van der Waals surface area contributed by atoms with Gasteiger partial charge >= 0.3 is 5.97 Å². The second-order valence-electron chi connectivity index (χ2n) is 3.96. The highest BCUT2D eigenvalue weighted by Crippen LogP contribution is 2.46. The highest BCUT2D eigenvalue weighted by atomic mass is 16.4. The van der Waals surface area contributed by atoms with Crippen molar-refractivity contribution in [3.05, 3.63) is 0 Å². The predicted octanol–water partition coefficient (Wildman–Crippen LogP) is 1.90. The van der Waals surface area contributed by atoms with Crippen LogP contribution in [-0.4, -0.2) is 11.1 Å². The van der Waals surface area contributed by atoms with Crippen molar-refractivity contribution in [2.75, 3.05) is 0 Å². The van der Waals surface area contributed by atoms with Gasteiger partial charge in [0.1, 0.15) is 0 Å². The summed E-state index contributed by atoms with van der Waals surface area (Å²) in [5, 5.41) is 8.77. The first-order valence-electron chi connectivity index (χ1n) is 4.50. The number of carboxylic acids is 1. The molecule has 2 aliphatic rings. The second kappa shape index (κ2) is 2.50. The van der Waals surface area contributed by atoms with Crippen LogP contribution in [0.3, 0.4) is 0 Å². The fraction of sp³-hybridized carbons (Fsp3) is 0.889. The summed E-state index contributed by atoms with van der Waals surface area (Å²) in [4.78, 5) is 10.6. The van der Waals surface area contributed by atoms with Gasteiger partial charge in [-0.05, 0) is 24.7 Å². The van der Waals surface area contributed by atoms with E-state index in [1.54, 1.807) is 0 Å². The monoisotopic (exact) mass is 154 g/mol. The zero-order chi connectivity index (χ0) is 7.84. The Balaban J connectivity index is 1.99. The Kier molecular flexibility index (Phi) is 1.63. The second-order valence-corrected chi connectivity index (χ2v) is 3.96. The van der Waals surface area contributed by atoms with Gasteiger partial charge < -0.3 is 5.11 Å². The molecular weight excluding hydrogens is 140 g/mol. The van der Waals surface area contributed by atoms with Crippen molar-refractivity contribution in [1.29, 1.82) is 0 Å². The molecule has 0 spiro atoms. The Labute approximate surface area is 66.6 Å². The number of fused-ring (bicyclic) bond motifs is 1. The molecule has 1 N–H and O–H groups in total. The molecule has 2 fully saturated rings. The minimum Gasteiger partial charge on any atom is -0.481 e. The smallest absolute Gasteiger partial charge is 0.306 e. The van der Waals surface area contributed by atoms with Gasteiger partial charge in [-0.15, -0.1) is 0 Å². The van der Waals surface area contributed by atoms with Crippen LogP contribution in [0.2, 0.25) is 0 Å². The normalized spacial score (nSPS) is 37.5. The molecule has 2 nitrogen and oxygen atoms in total. The minimum atomic E-state index is -0.570. The zero-order valence-electron chi connectivity index (χ0n) is 6.62. The third-order valence-electron chi connectivity index (χ3n) is 3.34. The van der Waals surface area contributed by atoms with Crippen LogP contribution in [0.4, 0.5) is 0 Å². The molecule has 0 aromatic carbocycles. The van der Waals surface area contributed by atoms with E-state index in [1.807, 2.05) is 0 Å². The number of hydrogen-bond acceptors (Lipinski definition) is 1. The number of aliphatic carboxylic acids is 1. The number of carboxylic acid groups (broad SMARTS) is 1. The third kappa shape index (κ3) is 1.15. The van der Waals surface area contributed by atoms with E-state index in [0.29, 0.717) is 0 Å². The van der Waals surface area contributed by atoms with E-state index in [2.05, 4.69) is 0 Å². The molecule has 2 atom stereocenters. The molecule has 0 aromatic heterocycles. The minimum absolute atomic E-state index is 0.00898. The largest absolute Gasteiger partial charge is 0.481 e. The Hall–Kier alpha value is -0.530. The van der Waals surface area contributed by atoms with E-state index < -0.39 is 5.97 Å². The van der Waals surface area contributed by atoms with Crippen molar-refractivity contribution in [3.8, 4) is 0 Å². The lowest BCUT2D eigenvalue weighted by Gasteiger charge is -2.04. The lowest BCUT2D eigenvalue weighted by Crippen LogP contribution is -2.09. The maximum Gasteiger partial charge on any atom is 0.306 e. The summed E-state index contributed by atoms with van der Waals surface area (Å²) in [7, 11) is 0. The van der Waals surface area contributed by atoms with E-state index in [9.17, 15) is 4.79 Å². The predicted molar refractivity (Wildman–Crippen MR) is 41.2 cm³/mol. The Morgan fingerprint density at radius 3 is 2.18 bits per heavy atom. The quantitative estimate of drug-likeness (QED) is 0.626. The van der Waals surface area contributed by atoms with Gasteiger partial charge in [0.05, 0.1) is 5.92 Å². The summed E-state index contributed by atoms with van der Waals surface area (Å²) in [5.74, 6) is 0.942. The van der Waals surface area contributed by atoms with Crippen LogP contribution in [-0.2, 0) is 4.79 Å². The maximum absolute atomic E-state index is 10.6. The standard InChI is InChI=1S/C9H14O2/c10-9(11)8-4-6-2-1-3-7(6)5-8/h6-8H,1-5H2,(H,10,11)/t6-,7-/m1/s1. The Morgan fingerprint density at radius 2 is 1.73 bits per heavy atom. The van der Waals surface area contributed by atoms with Crippen molar-refractivity contribution < 1.29 is 9.90 Å². The Morgan fingerprint density at radius 1 is 1.18 bits per heavy atom. The number of rotatable bonds is 1. The first kappa shape index (κ1) is 7.14. The first-order valence-corrected chi connectivity index (χ1v) is 4.50. The third-order valence-corrected chi connectivity index (χ3v) is 3.34. The van der Waals surface area contributed by atoms with Gasteiger partial charge in [0, 0.05) is 0 Å². The molecule has 0 aromatic rings. The van der Waals surface area contributed by atoms with Crippen LogP contribution in [0.5, 0.6) is 0 Å².